The summed E-state index contributed by atoms with van der Waals surface area (Å²) in [5.74, 6) is -0.945. The standard InChI is InChI=1S/C6H11NO2/c1-2-5(7)3-4-6(8)9/h3-5H,2,7H2,1H3,(H,8,9)/b4-3+/t5-/m1/s1. The molecule has 0 fully saturated rings. The van der Waals surface area contributed by atoms with E-state index < -0.39 is 5.97 Å². The summed E-state index contributed by atoms with van der Waals surface area (Å²) < 4.78 is 0. The maximum atomic E-state index is 9.88. The Balaban J connectivity index is 3.56. The third kappa shape index (κ3) is 5.03. The topological polar surface area (TPSA) is 63.3 Å². The van der Waals surface area contributed by atoms with Crippen LogP contribution < -0.4 is 5.73 Å². The molecule has 0 radical (unpaired) electrons. The van der Waals surface area contributed by atoms with Gasteiger partial charge in [0.1, 0.15) is 0 Å². The number of rotatable bonds is 3. The van der Waals surface area contributed by atoms with E-state index in [1.165, 1.54) is 6.08 Å². The van der Waals surface area contributed by atoms with Crippen LogP contribution in [0.3, 0.4) is 0 Å². The fourth-order valence-corrected chi connectivity index (χ4v) is 0.342. The second-order valence-electron chi connectivity index (χ2n) is 1.77. The zero-order valence-corrected chi connectivity index (χ0v) is 5.37. The Morgan fingerprint density at radius 2 is 2.44 bits per heavy atom. The Morgan fingerprint density at radius 1 is 1.89 bits per heavy atom. The molecule has 0 spiro atoms. The molecular weight excluding hydrogens is 118 g/mol. The SMILES string of the molecule is CC[C@@H](N)/C=C/C(=O)O. The number of hydrogen-bond donors (Lipinski definition) is 2. The van der Waals surface area contributed by atoms with Crippen LogP contribution in [0, 0.1) is 0 Å². The number of carbonyl (C=O) groups is 1. The lowest BCUT2D eigenvalue weighted by molar-refractivity contribution is -0.131. The molecule has 0 bridgehead atoms. The highest BCUT2D eigenvalue weighted by Crippen LogP contribution is 1.86. The molecule has 0 aliphatic carbocycles. The van der Waals surface area contributed by atoms with E-state index in [1.807, 2.05) is 6.92 Å². The summed E-state index contributed by atoms with van der Waals surface area (Å²) in [6.45, 7) is 1.90. The molecule has 0 amide bonds. The van der Waals surface area contributed by atoms with Crippen LogP contribution in [0.25, 0.3) is 0 Å². The van der Waals surface area contributed by atoms with Crippen molar-refractivity contribution in [2.24, 2.45) is 5.73 Å². The minimum Gasteiger partial charge on any atom is -0.478 e. The summed E-state index contributed by atoms with van der Waals surface area (Å²) in [7, 11) is 0. The summed E-state index contributed by atoms with van der Waals surface area (Å²) in [5.41, 5.74) is 5.37. The van der Waals surface area contributed by atoms with E-state index in [0.717, 1.165) is 12.5 Å². The first kappa shape index (κ1) is 8.17. The molecule has 52 valence electrons. The van der Waals surface area contributed by atoms with Gasteiger partial charge < -0.3 is 10.8 Å². The van der Waals surface area contributed by atoms with Crippen LogP contribution in [0.4, 0.5) is 0 Å². The van der Waals surface area contributed by atoms with Gasteiger partial charge in [0.05, 0.1) is 0 Å². The number of carboxylic acid groups (broad SMARTS) is 1. The molecule has 0 heterocycles. The first-order chi connectivity index (χ1) is 4.16. The van der Waals surface area contributed by atoms with Crippen molar-refractivity contribution in [2.75, 3.05) is 0 Å². The van der Waals surface area contributed by atoms with Crippen LogP contribution in [0.15, 0.2) is 12.2 Å². The quantitative estimate of drug-likeness (QED) is 0.541. The molecule has 1 atom stereocenters. The molecule has 0 saturated heterocycles. The summed E-state index contributed by atoms with van der Waals surface area (Å²) >= 11 is 0. The molecule has 0 aromatic carbocycles. The van der Waals surface area contributed by atoms with Gasteiger partial charge in [-0.1, -0.05) is 13.0 Å². The molecule has 0 aromatic heterocycles. The summed E-state index contributed by atoms with van der Waals surface area (Å²) in [6.07, 6.45) is 3.31. The van der Waals surface area contributed by atoms with Crippen molar-refractivity contribution in [1.82, 2.24) is 0 Å². The first-order valence-electron chi connectivity index (χ1n) is 2.83. The van der Waals surface area contributed by atoms with Gasteiger partial charge in [0.2, 0.25) is 0 Å². The predicted octanol–water partition coefficient (Wildman–Crippen LogP) is 0.365. The second kappa shape index (κ2) is 4.09. The molecule has 0 aliphatic rings. The van der Waals surface area contributed by atoms with Crippen molar-refractivity contribution in [3.8, 4) is 0 Å². The highest BCUT2D eigenvalue weighted by Gasteiger charge is 1.91. The van der Waals surface area contributed by atoms with E-state index in [0.29, 0.717) is 0 Å². The van der Waals surface area contributed by atoms with Gasteiger partial charge in [-0.15, -0.1) is 0 Å². The Labute approximate surface area is 54.2 Å². The number of aliphatic carboxylic acids is 1. The molecule has 9 heavy (non-hydrogen) atoms. The molecule has 0 rings (SSSR count). The van der Waals surface area contributed by atoms with Gasteiger partial charge in [-0.3, -0.25) is 0 Å². The fourth-order valence-electron chi connectivity index (χ4n) is 0.342. The number of hydrogen-bond acceptors (Lipinski definition) is 2. The Bertz CT molecular complexity index is 120. The summed E-state index contributed by atoms with van der Waals surface area (Å²) in [5, 5.41) is 8.12. The van der Waals surface area contributed by atoms with Gasteiger partial charge in [-0.2, -0.15) is 0 Å². The van der Waals surface area contributed by atoms with Crippen molar-refractivity contribution < 1.29 is 9.90 Å². The zero-order valence-electron chi connectivity index (χ0n) is 5.37. The van der Waals surface area contributed by atoms with Gasteiger partial charge in [-0.25, -0.2) is 4.79 Å². The maximum Gasteiger partial charge on any atom is 0.328 e. The lowest BCUT2D eigenvalue weighted by Crippen LogP contribution is -2.15. The molecule has 0 aliphatic heterocycles. The van der Waals surface area contributed by atoms with E-state index in [4.69, 9.17) is 10.8 Å². The van der Waals surface area contributed by atoms with Crippen LogP contribution in [0.2, 0.25) is 0 Å². The second-order valence-corrected chi connectivity index (χ2v) is 1.77. The lowest BCUT2D eigenvalue weighted by Gasteiger charge is -1.96. The van der Waals surface area contributed by atoms with Crippen LogP contribution in [0.1, 0.15) is 13.3 Å². The van der Waals surface area contributed by atoms with Crippen molar-refractivity contribution in [1.29, 1.82) is 0 Å². The highest BCUT2D eigenvalue weighted by molar-refractivity contribution is 5.79. The van der Waals surface area contributed by atoms with Gasteiger partial charge in [0.15, 0.2) is 0 Å². The number of nitrogens with two attached hydrogens (primary N) is 1. The summed E-state index contributed by atoms with van der Waals surface area (Å²) in [4.78, 5) is 9.88. The molecule has 0 aromatic rings. The minimum absolute atomic E-state index is 0.124. The Hall–Kier alpha value is -0.830. The average molecular weight is 129 g/mol. The zero-order chi connectivity index (χ0) is 7.28. The van der Waals surface area contributed by atoms with Crippen LogP contribution in [0.5, 0.6) is 0 Å². The molecular formula is C6H11NO2. The first-order valence-corrected chi connectivity index (χ1v) is 2.83. The van der Waals surface area contributed by atoms with Gasteiger partial charge in [0.25, 0.3) is 0 Å². The Kier molecular flexibility index (Phi) is 3.71. The molecule has 0 unspecified atom stereocenters. The van der Waals surface area contributed by atoms with E-state index in [-0.39, 0.29) is 6.04 Å². The molecule has 0 saturated carbocycles. The summed E-state index contributed by atoms with van der Waals surface area (Å²) in [6, 6.07) is -0.124. The number of carboxylic acids is 1. The lowest BCUT2D eigenvalue weighted by atomic mass is 10.2. The van der Waals surface area contributed by atoms with E-state index in [9.17, 15) is 4.79 Å². The predicted molar refractivity (Wildman–Crippen MR) is 35.0 cm³/mol. The fraction of sp³-hybridized carbons (Fsp3) is 0.500. The normalized spacial score (nSPS) is 14.0. The van der Waals surface area contributed by atoms with Gasteiger partial charge >= 0.3 is 5.97 Å². The van der Waals surface area contributed by atoms with E-state index in [2.05, 4.69) is 0 Å². The monoisotopic (exact) mass is 129 g/mol. The Morgan fingerprint density at radius 3 is 2.78 bits per heavy atom. The van der Waals surface area contributed by atoms with E-state index >= 15 is 0 Å². The minimum atomic E-state index is -0.945. The molecule has 3 nitrogen and oxygen atoms in total. The van der Waals surface area contributed by atoms with Crippen LogP contribution in [-0.4, -0.2) is 17.1 Å². The third-order valence-electron chi connectivity index (χ3n) is 0.957. The highest BCUT2D eigenvalue weighted by atomic mass is 16.4. The van der Waals surface area contributed by atoms with Gasteiger partial charge in [0, 0.05) is 12.1 Å². The van der Waals surface area contributed by atoms with E-state index in [1.54, 1.807) is 0 Å². The van der Waals surface area contributed by atoms with Crippen molar-refractivity contribution in [2.45, 2.75) is 19.4 Å². The van der Waals surface area contributed by atoms with Crippen molar-refractivity contribution in [3.05, 3.63) is 12.2 Å². The van der Waals surface area contributed by atoms with Crippen LogP contribution >= 0.6 is 0 Å². The molecule has 3 N–H and O–H groups in total. The maximum absolute atomic E-state index is 9.88. The molecule has 3 heteroatoms. The largest absolute Gasteiger partial charge is 0.478 e. The van der Waals surface area contributed by atoms with Crippen molar-refractivity contribution in [3.63, 3.8) is 0 Å². The average Bonchev–Trinajstić information content (AvgIpc) is 1.83. The third-order valence-corrected chi connectivity index (χ3v) is 0.957. The van der Waals surface area contributed by atoms with Crippen LogP contribution in [-0.2, 0) is 4.79 Å². The van der Waals surface area contributed by atoms with Crippen molar-refractivity contribution >= 4 is 5.97 Å². The smallest absolute Gasteiger partial charge is 0.328 e. The van der Waals surface area contributed by atoms with Gasteiger partial charge in [-0.05, 0) is 6.42 Å².